The summed E-state index contributed by atoms with van der Waals surface area (Å²) in [5, 5.41) is 0. The van der Waals surface area contributed by atoms with Gasteiger partial charge in [-0.05, 0) is 6.42 Å². The van der Waals surface area contributed by atoms with Crippen LogP contribution < -0.4 is 0 Å². The molecule has 0 aliphatic carbocycles. The molecule has 0 spiro atoms. The number of ether oxygens (including phenoxy) is 1. The quantitative estimate of drug-likeness (QED) is 0.694. The van der Waals surface area contributed by atoms with E-state index in [1.54, 1.807) is 6.33 Å². The smallest absolute Gasteiger partial charge is 0.310 e. The van der Waals surface area contributed by atoms with E-state index in [1.807, 2.05) is 0 Å². The Kier molecular flexibility index (Phi) is 2.21. The van der Waals surface area contributed by atoms with Crippen LogP contribution in [0.5, 0.6) is 0 Å². The van der Waals surface area contributed by atoms with Gasteiger partial charge in [0.15, 0.2) is 0 Å². The first-order valence-electron chi connectivity index (χ1n) is 5.61. The maximum absolute atomic E-state index is 11.5. The van der Waals surface area contributed by atoms with E-state index < -0.39 is 0 Å². The first kappa shape index (κ1) is 9.84. The van der Waals surface area contributed by atoms with Gasteiger partial charge in [-0.3, -0.25) is 9.69 Å². The molecule has 0 aromatic carbocycles. The minimum absolute atomic E-state index is 0.0407. The normalized spacial score (nSPS) is 28.6. The number of rotatable bonds is 1. The molecule has 1 aromatic heterocycles. The van der Waals surface area contributed by atoms with Crippen molar-refractivity contribution in [1.29, 1.82) is 0 Å². The number of methoxy groups -OCH3 is 1. The van der Waals surface area contributed by atoms with Gasteiger partial charge >= 0.3 is 5.97 Å². The maximum Gasteiger partial charge on any atom is 0.310 e. The standard InChI is InChI=1S/C11H15N3O2/c1-16-11(15)7-2-8-3-9-10(13-6-12-9)5-14(8)4-7/h6-8H,2-5H2,1H3,(H,12,13)/t7-,8-/m1/s1. The van der Waals surface area contributed by atoms with Crippen LogP contribution in [0.1, 0.15) is 17.8 Å². The fraction of sp³-hybridized carbons (Fsp3) is 0.636. The fourth-order valence-corrected chi connectivity index (χ4v) is 2.82. The molecule has 5 heteroatoms. The highest BCUT2D eigenvalue weighted by atomic mass is 16.5. The molecule has 0 radical (unpaired) electrons. The van der Waals surface area contributed by atoms with Gasteiger partial charge in [-0.1, -0.05) is 0 Å². The maximum atomic E-state index is 11.5. The number of nitrogens with one attached hydrogen (secondary N) is 1. The minimum Gasteiger partial charge on any atom is -0.469 e. The number of carbonyl (C=O) groups excluding carboxylic acids is 1. The third-order valence-corrected chi connectivity index (χ3v) is 3.66. The van der Waals surface area contributed by atoms with Crippen LogP contribution in [-0.2, 0) is 22.5 Å². The number of aromatic nitrogens is 2. The SMILES string of the molecule is COC(=O)[C@@H]1C[C@@H]2Cc3nc[nH]c3CN2C1. The molecule has 0 saturated carbocycles. The van der Waals surface area contributed by atoms with E-state index in [2.05, 4.69) is 14.9 Å². The van der Waals surface area contributed by atoms with Crippen molar-refractivity contribution in [1.82, 2.24) is 14.9 Å². The van der Waals surface area contributed by atoms with Crippen molar-refractivity contribution in [2.75, 3.05) is 13.7 Å². The number of hydrogen-bond acceptors (Lipinski definition) is 4. The monoisotopic (exact) mass is 221 g/mol. The van der Waals surface area contributed by atoms with Gasteiger partial charge in [0.2, 0.25) is 0 Å². The molecular weight excluding hydrogens is 206 g/mol. The van der Waals surface area contributed by atoms with E-state index >= 15 is 0 Å². The Morgan fingerprint density at radius 1 is 1.69 bits per heavy atom. The number of aromatic amines is 1. The average molecular weight is 221 g/mol. The van der Waals surface area contributed by atoms with E-state index in [-0.39, 0.29) is 11.9 Å². The first-order valence-corrected chi connectivity index (χ1v) is 5.61. The second-order valence-corrected chi connectivity index (χ2v) is 4.57. The van der Waals surface area contributed by atoms with Crippen LogP contribution in [-0.4, -0.2) is 40.5 Å². The van der Waals surface area contributed by atoms with E-state index in [0.29, 0.717) is 6.04 Å². The second-order valence-electron chi connectivity index (χ2n) is 4.57. The van der Waals surface area contributed by atoms with Gasteiger partial charge < -0.3 is 9.72 Å². The molecule has 0 amide bonds. The van der Waals surface area contributed by atoms with Crippen LogP contribution in [0.15, 0.2) is 6.33 Å². The Bertz CT molecular complexity index is 387. The van der Waals surface area contributed by atoms with Gasteiger partial charge in [-0.15, -0.1) is 0 Å². The topological polar surface area (TPSA) is 58.2 Å². The molecule has 16 heavy (non-hydrogen) atoms. The molecule has 2 aliphatic rings. The molecule has 1 aromatic rings. The zero-order valence-electron chi connectivity index (χ0n) is 9.27. The van der Waals surface area contributed by atoms with Crippen molar-refractivity contribution < 1.29 is 9.53 Å². The van der Waals surface area contributed by atoms with Gasteiger partial charge in [0.25, 0.3) is 0 Å². The van der Waals surface area contributed by atoms with Gasteiger partial charge in [0, 0.05) is 25.6 Å². The highest BCUT2D eigenvalue weighted by Crippen LogP contribution is 2.32. The second kappa shape index (κ2) is 3.59. The Balaban J connectivity index is 1.76. The van der Waals surface area contributed by atoms with Gasteiger partial charge in [-0.2, -0.15) is 0 Å². The number of fused-ring (bicyclic) bond motifs is 2. The summed E-state index contributed by atoms with van der Waals surface area (Å²) in [4.78, 5) is 21.3. The van der Waals surface area contributed by atoms with Crippen molar-refractivity contribution in [3.63, 3.8) is 0 Å². The van der Waals surface area contributed by atoms with Crippen molar-refractivity contribution in [3.8, 4) is 0 Å². The highest BCUT2D eigenvalue weighted by molar-refractivity contribution is 5.73. The van der Waals surface area contributed by atoms with Crippen LogP contribution in [0.3, 0.4) is 0 Å². The Hall–Kier alpha value is -1.36. The van der Waals surface area contributed by atoms with Crippen molar-refractivity contribution in [2.45, 2.75) is 25.4 Å². The Morgan fingerprint density at radius 3 is 3.38 bits per heavy atom. The van der Waals surface area contributed by atoms with Gasteiger partial charge in [-0.25, -0.2) is 4.98 Å². The van der Waals surface area contributed by atoms with Crippen molar-refractivity contribution >= 4 is 5.97 Å². The van der Waals surface area contributed by atoms with E-state index in [0.717, 1.165) is 31.6 Å². The van der Waals surface area contributed by atoms with Crippen LogP contribution in [0.2, 0.25) is 0 Å². The van der Waals surface area contributed by atoms with Gasteiger partial charge in [0.1, 0.15) is 0 Å². The third kappa shape index (κ3) is 1.43. The van der Waals surface area contributed by atoms with E-state index in [4.69, 9.17) is 4.74 Å². The number of H-pyrrole nitrogens is 1. The highest BCUT2D eigenvalue weighted by Gasteiger charge is 2.39. The summed E-state index contributed by atoms with van der Waals surface area (Å²) in [5.74, 6) is -0.0370. The van der Waals surface area contributed by atoms with E-state index in [9.17, 15) is 4.79 Å². The molecule has 3 rings (SSSR count). The molecule has 5 nitrogen and oxygen atoms in total. The first-order chi connectivity index (χ1) is 7.78. The molecule has 1 N–H and O–H groups in total. The number of esters is 1. The molecule has 0 unspecified atom stereocenters. The lowest BCUT2D eigenvalue weighted by atomic mass is 10.00. The summed E-state index contributed by atoms with van der Waals surface area (Å²) in [6.07, 6.45) is 3.61. The zero-order chi connectivity index (χ0) is 11.1. The summed E-state index contributed by atoms with van der Waals surface area (Å²) in [5.41, 5.74) is 2.36. The van der Waals surface area contributed by atoms with E-state index in [1.165, 1.54) is 12.8 Å². The summed E-state index contributed by atoms with van der Waals surface area (Å²) < 4.78 is 4.81. The molecule has 1 fully saturated rings. The summed E-state index contributed by atoms with van der Waals surface area (Å²) in [6, 6.07) is 0.458. The predicted molar refractivity (Wildman–Crippen MR) is 56.6 cm³/mol. The lowest BCUT2D eigenvalue weighted by Gasteiger charge is -2.28. The number of nitrogens with zero attached hydrogens (tertiary/aromatic N) is 2. The molecule has 86 valence electrons. The summed E-state index contributed by atoms with van der Waals surface area (Å²) in [7, 11) is 1.46. The average Bonchev–Trinajstić information content (AvgIpc) is 2.89. The predicted octanol–water partition coefficient (Wildman–Crippen LogP) is 0.329. The number of imidazole rings is 1. The molecule has 1 saturated heterocycles. The largest absolute Gasteiger partial charge is 0.469 e. The zero-order valence-corrected chi connectivity index (χ0v) is 9.27. The Labute approximate surface area is 93.8 Å². The van der Waals surface area contributed by atoms with Crippen LogP contribution in [0.25, 0.3) is 0 Å². The molecule has 2 atom stereocenters. The fourth-order valence-electron chi connectivity index (χ4n) is 2.82. The molecule has 2 aliphatic heterocycles. The van der Waals surface area contributed by atoms with Crippen molar-refractivity contribution in [3.05, 3.63) is 17.7 Å². The van der Waals surface area contributed by atoms with Crippen molar-refractivity contribution in [2.24, 2.45) is 5.92 Å². The number of carbonyl (C=O) groups is 1. The minimum atomic E-state index is -0.0778. The van der Waals surface area contributed by atoms with Crippen LogP contribution >= 0.6 is 0 Å². The van der Waals surface area contributed by atoms with Crippen LogP contribution in [0.4, 0.5) is 0 Å². The molecule has 0 bridgehead atoms. The lowest BCUT2D eigenvalue weighted by molar-refractivity contribution is -0.144. The lowest BCUT2D eigenvalue weighted by Crippen LogP contribution is -2.35. The third-order valence-electron chi connectivity index (χ3n) is 3.66. The van der Waals surface area contributed by atoms with Crippen LogP contribution in [0, 0.1) is 5.92 Å². The van der Waals surface area contributed by atoms with Gasteiger partial charge in [0.05, 0.1) is 30.7 Å². The molecule has 3 heterocycles. The number of hydrogen-bond donors (Lipinski definition) is 1. The summed E-state index contributed by atoms with van der Waals surface area (Å²) >= 11 is 0. The Morgan fingerprint density at radius 2 is 2.56 bits per heavy atom. The molecular formula is C11H15N3O2. The summed E-state index contributed by atoms with van der Waals surface area (Å²) in [6.45, 7) is 1.70.